The van der Waals surface area contributed by atoms with Crippen molar-refractivity contribution >= 4 is 26.0 Å². The Hall–Kier alpha value is -0.460. The lowest BCUT2D eigenvalue weighted by Gasteiger charge is -2.11. The van der Waals surface area contributed by atoms with E-state index in [-0.39, 0.29) is 4.90 Å². The lowest BCUT2D eigenvalue weighted by atomic mass is 10.3. The number of hydrogen-bond donors (Lipinski definition) is 0. The maximum atomic E-state index is 12.9. The zero-order valence-corrected chi connectivity index (χ0v) is 10.1. The third kappa shape index (κ3) is 2.31. The molecule has 1 rings (SSSR count). The molecular weight excluding hydrogens is 273 g/mol. The van der Waals surface area contributed by atoms with Gasteiger partial charge >= 0.3 is 0 Å². The van der Waals surface area contributed by atoms with Gasteiger partial charge in [-0.25, -0.2) is 17.1 Å². The summed E-state index contributed by atoms with van der Waals surface area (Å²) in [4.78, 5) is -0.0608. The van der Waals surface area contributed by atoms with E-state index in [1.807, 2.05) is 0 Å². The summed E-state index contributed by atoms with van der Waals surface area (Å²) in [5, 5.41) is 0. The van der Waals surface area contributed by atoms with Gasteiger partial charge in [0.05, 0.1) is 4.90 Å². The Bertz CT molecular complexity index is 424. The number of rotatable bonds is 2. The van der Waals surface area contributed by atoms with Crippen LogP contribution in [0.5, 0.6) is 0 Å². The molecule has 1 aromatic rings. The SMILES string of the molecule is CN(C)S(=O)(=O)c1cc(F)cc(Br)c1. The van der Waals surface area contributed by atoms with E-state index in [0.29, 0.717) is 4.47 Å². The van der Waals surface area contributed by atoms with Gasteiger partial charge in [-0.15, -0.1) is 0 Å². The molecule has 0 bridgehead atoms. The van der Waals surface area contributed by atoms with Crippen molar-refractivity contribution in [3.63, 3.8) is 0 Å². The van der Waals surface area contributed by atoms with Gasteiger partial charge in [0.15, 0.2) is 0 Å². The maximum Gasteiger partial charge on any atom is 0.242 e. The van der Waals surface area contributed by atoms with Gasteiger partial charge in [0, 0.05) is 18.6 Å². The molecule has 3 nitrogen and oxygen atoms in total. The van der Waals surface area contributed by atoms with Crippen molar-refractivity contribution in [3.05, 3.63) is 28.5 Å². The largest absolute Gasteiger partial charge is 0.242 e. The highest BCUT2D eigenvalue weighted by Crippen LogP contribution is 2.20. The van der Waals surface area contributed by atoms with Gasteiger partial charge in [0.1, 0.15) is 5.82 Å². The zero-order chi connectivity index (χ0) is 10.9. The Labute approximate surface area is 90.7 Å². The molecule has 0 atom stereocenters. The van der Waals surface area contributed by atoms with Crippen molar-refractivity contribution in [2.24, 2.45) is 0 Å². The Morgan fingerprint density at radius 2 is 1.86 bits per heavy atom. The van der Waals surface area contributed by atoms with E-state index in [2.05, 4.69) is 15.9 Å². The molecule has 0 spiro atoms. The Kier molecular flexibility index (Phi) is 3.28. The summed E-state index contributed by atoms with van der Waals surface area (Å²) in [6.45, 7) is 0. The van der Waals surface area contributed by atoms with Crippen LogP contribution in [0.15, 0.2) is 27.6 Å². The topological polar surface area (TPSA) is 37.4 Å². The second-order valence-corrected chi connectivity index (χ2v) is 5.96. The van der Waals surface area contributed by atoms with Crippen LogP contribution in [0.4, 0.5) is 4.39 Å². The molecule has 0 aliphatic carbocycles. The lowest BCUT2D eigenvalue weighted by Crippen LogP contribution is -2.22. The fraction of sp³-hybridized carbons (Fsp3) is 0.250. The Balaban J connectivity index is 3.34. The molecule has 1 aromatic carbocycles. The first-order valence-electron chi connectivity index (χ1n) is 3.72. The molecular formula is C8H9BrFNO2S. The average Bonchev–Trinajstić information content (AvgIpc) is 2.01. The molecule has 0 radical (unpaired) electrons. The van der Waals surface area contributed by atoms with Crippen molar-refractivity contribution in [2.75, 3.05) is 14.1 Å². The van der Waals surface area contributed by atoms with Crippen molar-refractivity contribution in [1.82, 2.24) is 4.31 Å². The van der Waals surface area contributed by atoms with Crippen LogP contribution in [0, 0.1) is 5.82 Å². The van der Waals surface area contributed by atoms with Gasteiger partial charge in [-0.1, -0.05) is 15.9 Å². The molecule has 0 aliphatic heterocycles. The molecule has 0 amide bonds. The molecule has 78 valence electrons. The number of halogens is 2. The number of hydrogen-bond acceptors (Lipinski definition) is 2. The van der Waals surface area contributed by atoms with Crippen LogP contribution in [0.2, 0.25) is 0 Å². The van der Waals surface area contributed by atoms with Gasteiger partial charge in [-0.2, -0.15) is 0 Å². The van der Waals surface area contributed by atoms with Crippen LogP contribution in [0.25, 0.3) is 0 Å². The minimum absolute atomic E-state index is 0.0608. The molecule has 0 heterocycles. The predicted octanol–water partition coefficient (Wildman–Crippen LogP) is 1.84. The van der Waals surface area contributed by atoms with E-state index in [1.54, 1.807) is 0 Å². The first kappa shape index (κ1) is 11.6. The Morgan fingerprint density at radius 3 is 2.29 bits per heavy atom. The summed E-state index contributed by atoms with van der Waals surface area (Å²) >= 11 is 3.03. The standard InChI is InChI=1S/C8H9BrFNO2S/c1-11(2)14(12,13)8-4-6(9)3-7(10)5-8/h3-5H,1-2H3. The van der Waals surface area contributed by atoms with E-state index in [4.69, 9.17) is 0 Å². The van der Waals surface area contributed by atoms with Crippen LogP contribution in [-0.2, 0) is 10.0 Å². The summed E-state index contributed by atoms with van der Waals surface area (Å²) in [6, 6.07) is 3.55. The van der Waals surface area contributed by atoms with Gasteiger partial charge in [0.2, 0.25) is 10.0 Å². The van der Waals surface area contributed by atoms with Crippen molar-refractivity contribution < 1.29 is 12.8 Å². The van der Waals surface area contributed by atoms with Gasteiger partial charge in [-0.3, -0.25) is 0 Å². The molecule has 0 saturated carbocycles. The first-order valence-corrected chi connectivity index (χ1v) is 5.96. The van der Waals surface area contributed by atoms with E-state index < -0.39 is 15.8 Å². The number of benzene rings is 1. The normalized spacial score (nSPS) is 12.1. The van der Waals surface area contributed by atoms with Crippen LogP contribution in [0.3, 0.4) is 0 Å². The fourth-order valence-corrected chi connectivity index (χ4v) is 2.46. The second-order valence-electron chi connectivity index (χ2n) is 2.89. The summed E-state index contributed by atoms with van der Waals surface area (Å²) in [6.07, 6.45) is 0. The lowest BCUT2D eigenvalue weighted by molar-refractivity contribution is 0.519. The molecule has 0 N–H and O–H groups in total. The number of nitrogens with zero attached hydrogens (tertiary/aromatic N) is 1. The van der Waals surface area contributed by atoms with Crippen molar-refractivity contribution in [2.45, 2.75) is 4.90 Å². The summed E-state index contributed by atoms with van der Waals surface area (Å²) in [5.74, 6) is -0.584. The zero-order valence-electron chi connectivity index (χ0n) is 7.66. The molecule has 0 fully saturated rings. The predicted molar refractivity (Wildman–Crippen MR) is 55.0 cm³/mol. The van der Waals surface area contributed by atoms with E-state index >= 15 is 0 Å². The van der Waals surface area contributed by atoms with Gasteiger partial charge < -0.3 is 0 Å². The summed E-state index contributed by atoms with van der Waals surface area (Å²) in [5.41, 5.74) is 0. The highest BCUT2D eigenvalue weighted by atomic mass is 79.9. The third-order valence-corrected chi connectivity index (χ3v) is 3.87. The van der Waals surface area contributed by atoms with Crippen molar-refractivity contribution in [3.8, 4) is 0 Å². The van der Waals surface area contributed by atoms with Crippen molar-refractivity contribution in [1.29, 1.82) is 0 Å². The smallest absolute Gasteiger partial charge is 0.207 e. The minimum Gasteiger partial charge on any atom is -0.207 e. The van der Waals surface area contributed by atoms with Gasteiger partial charge in [-0.05, 0) is 18.2 Å². The Morgan fingerprint density at radius 1 is 1.29 bits per heavy atom. The maximum absolute atomic E-state index is 12.9. The van der Waals surface area contributed by atoms with Gasteiger partial charge in [0.25, 0.3) is 0 Å². The van der Waals surface area contributed by atoms with Crippen LogP contribution < -0.4 is 0 Å². The number of sulfonamides is 1. The minimum atomic E-state index is -3.56. The molecule has 0 unspecified atom stereocenters. The van der Waals surface area contributed by atoms with Crippen LogP contribution >= 0.6 is 15.9 Å². The monoisotopic (exact) mass is 281 g/mol. The molecule has 0 aromatic heterocycles. The third-order valence-electron chi connectivity index (χ3n) is 1.61. The first-order chi connectivity index (χ1) is 6.34. The van der Waals surface area contributed by atoms with Crippen LogP contribution in [-0.4, -0.2) is 26.8 Å². The molecule has 6 heteroatoms. The summed E-state index contributed by atoms with van der Waals surface area (Å²) < 4.78 is 37.5. The highest BCUT2D eigenvalue weighted by molar-refractivity contribution is 9.10. The quantitative estimate of drug-likeness (QED) is 0.830. The second kappa shape index (κ2) is 3.96. The average molecular weight is 282 g/mol. The molecule has 14 heavy (non-hydrogen) atoms. The highest BCUT2D eigenvalue weighted by Gasteiger charge is 2.18. The summed E-state index contributed by atoms with van der Waals surface area (Å²) in [7, 11) is -0.765. The van der Waals surface area contributed by atoms with Crippen LogP contribution in [0.1, 0.15) is 0 Å². The molecule has 0 saturated heterocycles. The van der Waals surface area contributed by atoms with E-state index in [9.17, 15) is 12.8 Å². The van der Waals surface area contributed by atoms with E-state index in [1.165, 1.54) is 26.2 Å². The molecule has 0 aliphatic rings. The fourth-order valence-electron chi connectivity index (χ4n) is 0.888. The van der Waals surface area contributed by atoms with E-state index in [0.717, 1.165) is 10.4 Å².